The predicted octanol–water partition coefficient (Wildman–Crippen LogP) is 2.52. The highest BCUT2D eigenvalue weighted by molar-refractivity contribution is 14.1. The number of benzene rings is 1. The van der Waals surface area contributed by atoms with Crippen LogP contribution in [0.1, 0.15) is 31.4 Å². The highest BCUT2D eigenvalue weighted by Gasteiger charge is 2.25. The molecule has 1 aliphatic heterocycles. The third-order valence-corrected chi connectivity index (χ3v) is 5.86. The van der Waals surface area contributed by atoms with Gasteiger partial charge in [0.1, 0.15) is 0 Å². The van der Waals surface area contributed by atoms with Crippen molar-refractivity contribution in [2.45, 2.75) is 31.8 Å². The largest absolute Gasteiger partial charge is 0.306 e. The summed E-state index contributed by atoms with van der Waals surface area (Å²) >= 11 is 2.28. The van der Waals surface area contributed by atoms with Crippen molar-refractivity contribution in [3.05, 3.63) is 33.4 Å². The van der Waals surface area contributed by atoms with Gasteiger partial charge in [0, 0.05) is 15.7 Å². The monoisotopic (exact) mass is 379 g/mol. The van der Waals surface area contributed by atoms with Crippen LogP contribution < -0.4 is 5.32 Å². The number of sulfone groups is 1. The van der Waals surface area contributed by atoms with E-state index in [1.54, 1.807) is 0 Å². The van der Waals surface area contributed by atoms with E-state index in [9.17, 15) is 8.42 Å². The first-order chi connectivity index (χ1) is 8.46. The number of nitrogens with one attached hydrogen (secondary N) is 1. The van der Waals surface area contributed by atoms with Crippen LogP contribution in [0.3, 0.4) is 0 Å². The van der Waals surface area contributed by atoms with Gasteiger partial charge in [0.25, 0.3) is 0 Å². The molecule has 100 valence electrons. The Bertz CT molecular complexity index is 498. The molecule has 0 radical (unpaired) electrons. The zero-order valence-electron chi connectivity index (χ0n) is 10.4. The summed E-state index contributed by atoms with van der Waals surface area (Å²) in [7, 11) is -2.83. The lowest BCUT2D eigenvalue weighted by Crippen LogP contribution is -2.41. The Morgan fingerprint density at radius 3 is 2.61 bits per heavy atom. The maximum Gasteiger partial charge on any atom is 0.151 e. The minimum Gasteiger partial charge on any atom is -0.306 e. The fourth-order valence-corrected chi connectivity index (χ4v) is 4.36. The Kier molecular flexibility index (Phi) is 4.66. The normalized spacial score (nSPS) is 24.7. The Hall–Kier alpha value is -0.140. The zero-order valence-corrected chi connectivity index (χ0v) is 13.4. The summed E-state index contributed by atoms with van der Waals surface area (Å²) in [6.45, 7) is 2.09. The first-order valence-electron chi connectivity index (χ1n) is 6.18. The Morgan fingerprint density at radius 2 is 2.00 bits per heavy atom. The molecule has 0 aliphatic carbocycles. The van der Waals surface area contributed by atoms with Crippen molar-refractivity contribution in [3.63, 3.8) is 0 Å². The third kappa shape index (κ3) is 3.93. The van der Waals surface area contributed by atoms with Crippen LogP contribution in [0.4, 0.5) is 0 Å². The molecule has 1 saturated heterocycles. The summed E-state index contributed by atoms with van der Waals surface area (Å²) in [5.41, 5.74) is 1.21. The Morgan fingerprint density at radius 1 is 1.33 bits per heavy atom. The first kappa shape index (κ1) is 14.3. The highest BCUT2D eigenvalue weighted by Crippen LogP contribution is 2.19. The second-order valence-corrected chi connectivity index (χ2v) is 8.37. The van der Waals surface area contributed by atoms with Gasteiger partial charge in [-0.25, -0.2) is 8.42 Å². The second-order valence-electron chi connectivity index (χ2n) is 4.89. The smallest absolute Gasteiger partial charge is 0.151 e. The van der Waals surface area contributed by atoms with Crippen LogP contribution in [-0.2, 0) is 9.84 Å². The summed E-state index contributed by atoms with van der Waals surface area (Å²) in [6, 6.07) is 8.63. The van der Waals surface area contributed by atoms with E-state index in [0.29, 0.717) is 5.75 Å². The molecule has 1 fully saturated rings. The molecular formula is C13H18INO2S. The van der Waals surface area contributed by atoms with E-state index < -0.39 is 9.84 Å². The third-order valence-electron chi connectivity index (χ3n) is 3.32. The van der Waals surface area contributed by atoms with E-state index in [0.717, 1.165) is 12.8 Å². The molecule has 1 N–H and O–H groups in total. The van der Waals surface area contributed by atoms with Gasteiger partial charge in [-0.05, 0) is 60.1 Å². The van der Waals surface area contributed by atoms with E-state index in [2.05, 4.69) is 59.1 Å². The maximum atomic E-state index is 11.6. The number of halogens is 1. The number of hydrogen-bond acceptors (Lipinski definition) is 3. The van der Waals surface area contributed by atoms with Gasteiger partial charge in [0.2, 0.25) is 0 Å². The summed E-state index contributed by atoms with van der Waals surface area (Å²) in [6.07, 6.45) is 1.73. The molecule has 1 heterocycles. The lowest BCUT2D eigenvalue weighted by atomic mass is 10.1. The van der Waals surface area contributed by atoms with Gasteiger partial charge >= 0.3 is 0 Å². The topological polar surface area (TPSA) is 46.2 Å². The van der Waals surface area contributed by atoms with Gasteiger partial charge in [-0.3, -0.25) is 0 Å². The van der Waals surface area contributed by atoms with Crippen molar-refractivity contribution in [3.8, 4) is 0 Å². The van der Waals surface area contributed by atoms with Crippen LogP contribution >= 0.6 is 22.6 Å². The van der Waals surface area contributed by atoms with Crippen molar-refractivity contribution < 1.29 is 8.42 Å². The zero-order chi connectivity index (χ0) is 13.2. The molecule has 1 aromatic rings. The van der Waals surface area contributed by atoms with E-state index in [4.69, 9.17) is 0 Å². The molecule has 0 amide bonds. The average Bonchev–Trinajstić information content (AvgIpc) is 2.28. The first-order valence-corrected chi connectivity index (χ1v) is 9.08. The molecule has 0 saturated carbocycles. The van der Waals surface area contributed by atoms with E-state index in [1.807, 2.05) is 0 Å². The molecule has 0 aromatic heterocycles. The molecule has 5 heteroatoms. The minimum atomic E-state index is -2.83. The van der Waals surface area contributed by atoms with Crippen LogP contribution in [-0.4, -0.2) is 26.0 Å². The van der Waals surface area contributed by atoms with Crippen LogP contribution in [0, 0.1) is 3.57 Å². The molecular weight excluding hydrogens is 361 g/mol. The van der Waals surface area contributed by atoms with Gasteiger partial charge in [0.05, 0.1) is 11.5 Å². The fourth-order valence-electron chi connectivity index (χ4n) is 2.36. The Balaban J connectivity index is 1.99. The molecule has 2 atom stereocenters. The van der Waals surface area contributed by atoms with Crippen molar-refractivity contribution in [2.75, 3.05) is 11.5 Å². The van der Waals surface area contributed by atoms with Gasteiger partial charge in [0.15, 0.2) is 9.84 Å². The number of hydrogen-bond donors (Lipinski definition) is 1. The SMILES string of the molecule is CC(NC1CCCS(=O)(=O)C1)c1ccc(I)cc1. The van der Waals surface area contributed by atoms with Crippen molar-refractivity contribution >= 4 is 32.4 Å². The predicted molar refractivity (Wildman–Crippen MR) is 82.4 cm³/mol. The standard InChI is InChI=1S/C13H18INO2S/c1-10(11-4-6-12(14)7-5-11)15-13-3-2-8-18(16,17)9-13/h4-7,10,13,15H,2-3,8-9H2,1H3. The average molecular weight is 379 g/mol. The van der Waals surface area contributed by atoms with Crippen molar-refractivity contribution in [2.24, 2.45) is 0 Å². The van der Waals surface area contributed by atoms with Crippen molar-refractivity contribution in [1.82, 2.24) is 5.32 Å². The molecule has 2 unspecified atom stereocenters. The van der Waals surface area contributed by atoms with Gasteiger partial charge < -0.3 is 5.32 Å². The quantitative estimate of drug-likeness (QED) is 0.822. The molecule has 0 bridgehead atoms. The fraction of sp³-hybridized carbons (Fsp3) is 0.538. The number of rotatable bonds is 3. The summed E-state index contributed by atoms with van der Waals surface area (Å²) in [4.78, 5) is 0. The lowest BCUT2D eigenvalue weighted by Gasteiger charge is -2.26. The molecule has 1 aliphatic rings. The molecule has 2 rings (SSSR count). The maximum absolute atomic E-state index is 11.6. The van der Waals surface area contributed by atoms with E-state index in [1.165, 1.54) is 9.13 Å². The van der Waals surface area contributed by atoms with Crippen molar-refractivity contribution in [1.29, 1.82) is 0 Å². The Labute approximate surface area is 122 Å². The van der Waals surface area contributed by atoms with Crippen LogP contribution in [0.25, 0.3) is 0 Å². The van der Waals surface area contributed by atoms with E-state index >= 15 is 0 Å². The minimum absolute atomic E-state index is 0.0954. The van der Waals surface area contributed by atoms with Gasteiger partial charge in [-0.15, -0.1) is 0 Å². The summed E-state index contributed by atoms with van der Waals surface area (Å²) in [5.74, 6) is 0.630. The molecule has 18 heavy (non-hydrogen) atoms. The summed E-state index contributed by atoms with van der Waals surface area (Å²) in [5, 5.41) is 3.43. The van der Waals surface area contributed by atoms with Gasteiger partial charge in [-0.2, -0.15) is 0 Å². The summed E-state index contributed by atoms with van der Waals surface area (Å²) < 4.78 is 24.4. The molecule has 0 spiro atoms. The van der Waals surface area contributed by atoms with Crippen LogP contribution in [0.15, 0.2) is 24.3 Å². The second kappa shape index (κ2) is 5.88. The highest BCUT2D eigenvalue weighted by atomic mass is 127. The van der Waals surface area contributed by atoms with Crippen LogP contribution in [0.5, 0.6) is 0 Å². The molecule has 3 nitrogen and oxygen atoms in total. The van der Waals surface area contributed by atoms with Gasteiger partial charge in [-0.1, -0.05) is 12.1 Å². The molecule has 1 aromatic carbocycles. The van der Waals surface area contributed by atoms with E-state index in [-0.39, 0.29) is 17.8 Å². The lowest BCUT2D eigenvalue weighted by molar-refractivity contribution is 0.437. The van der Waals surface area contributed by atoms with Crippen LogP contribution in [0.2, 0.25) is 0 Å².